The Balaban J connectivity index is 1.95. The number of nitrogens with one attached hydrogen (secondary N) is 1. The fraction of sp³-hybridized carbons (Fsp3) is 0.438. The molecule has 0 bridgehead atoms. The zero-order valence-corrected chi connectivity index (χ0v) is 12.8. The van der Waals surface area contributed by atoms with Gasteiger partial charge in [0, 0.05) is 17.0 Å². The summed E-state index contributed by atoms with van der Waals surface area (Å²) in [5.41, 5.74) is 2.15. The molecular formula is C16H21ClN2O. The number of rotatable bonds is 7. The number of aromatic nitrogens is 1. The summed E-state index contributed by atoms with van der Waals surface area (Å²) in [6.45, 7) is 6.27. The van der Waals surface area contributed by atoms with Crippen molar-refractivity contribution in [1.29, 1.82) is 0 Å². The van der Waals surface area contributed by atoms with Gasteiger partial charge in [-0.1, -0.05) is 18.5 Å². The quantitative estimate of drug-likeness (QED) is 0.776. The van der Waals surface area contributed by atoms with Crippen LogP contribution in [0.2, 0.25) is 5.02 Å². The molecular weight excluding hydrogens is 272 g/mol. The molecule has 4 heteroatoms. The molecule has 0 unspecified atom stereocenters. The highest BCUT2D eigenvalue weighted by atomic mass is 35.5. The lowest BCUT2D eigenvalue weighted by atomic mass is 10.1. The van der Waals surface area contributed by atoms with E-state index in [1.165, 1.54) is 6.42 Å². The van der Waals surface area contributed by atoms with Crippen molar-refractivity contribution in [3.05, 3.63) is 40.9 Å². The molecule has 108 valence electrons. The summed E-state index contributed by atoms with van der Waals surface area (Å²) in [5, 5.41) is 4.12. The number of hydrogen-bond donors (Lipinski definition) is 1. The van der Waals surface area contributed by atoms with Crippen molar-refractivity contribution in [2.75, 3.05) is 13.1 Å². The Kier molecular flexibility index (Phi) is 5.62. The lowest BCUT2D eigenvalue weighted by Gasteiger charge is -2.02. The number of aryl methyl sites for hydroxylation is 2. The van der Waals surface area contributed by atoms with Crippen LogP contribution in [-0.2, 0) is 6.42 Å². The van der Waals surface area contributed by atoms with E-state index in [2.05, 4.69) is 17.2 Å². The van der Waals surface area contributed by atoms with Gasteiger partial charge in [0.05, 0.1) is 6.20 Å². The van der Waals surface area contributed by atoms with Crippen molar-refractivity contribution in [3.8, 4) is 11.3 Å². The van der Waals surface area contributed by atoms with Crippen LogP contribution in [0, 0.1) is 6.92 Å². The van der Waals surface area contributed by atoms with E-state index in [-0.39, 0.29) is 0 Å². The Bertz CT molecular complexity index is 551. The number of halogens is 1. The summed E-state index contributed by atoms with van der Waals surface area (Å²) in [6.07, 6.45) is 4.87. The smallest absolute Gasteiger partial charge is 0.194 e. The van der Waals surface area contributed by atoms with E-state index >= 15 is 0 Å². The fourth-order valence-corrected chi connectivity index (χ4v) is 2.35. The largest absolute Gasteiger partial charge is 0.441 e. The Morgan fingerprint density at radius 3 is 2.90 bits per heavy atom. The molecule has 0 saturated heterocycles. The lowest BCUT2D eigenvalue weighted by Crippen LogP contribution is -2.16. The van der Waals surface area contributed by atoms with Crippen LogP contribution in [0.3, 0.4) is 0 Å². The molecule has 1 aromatic heterocycles. The molecule has 2 aromatic rings. The minimum absolute atomic E-state index is 0.744. The van der Waals surface area contributed by atoms with Gasteiger partial charge in [-0.2, -0.15) is 0 Å². The summed E-state index contributed by atoms with van der Waals surface area (Å²) in [5.74, 6) is 1.61. The second kappa shape index (κ2) is 7.46. The zero-order valence-electron chi connectivity index (χ0n) is 12.1. The normalized spacial score (nSPS) is 10.9. The lowest BCUT2D eigenvalue weighted by molar-refractivity contribution is 0.491. The minimum atomic E-state index is 0.744. The van der Waals surface area contributed by atoms with Crippen molar-refractivity contribution < 1.29 is 4.42 Å². The van der Waals surface area contributed by atoms with Crippen molar-refractivity contribution >= 4 is 11.6 Å². The van der Waals surface area contributed by atoms with E-state index in [1.807, 2.05) is 25.1 Å². The van der Waals surface area contributed by atoms with Gasteiger partial charge in [0.15, 0.2) is 11.7 Å². The van der Waals surface area contributed by atoms with Crippen molar-refractivity contribution in [1.82, 2.24) is 10.3 Å². The molecule has 0 amide bonds. The zero-order chi connectivity index (χ0) is 14.4. The number of hydrogen-bond acceptors (Lipinski definition) is 3. The summed E-state index contributed by atoms with van der Waals surface area (Å²) in [6, 6.07) is 5.79. The molecule has 1 aromatic carbocycles. The van der Waals surface area contributed by atoms with Crippen LogP contribution in [0.25, 0.3) is 11.3 Å². The first-order valence-corrected chi connectivity index (χ1v) is 7.50. The molecule has 0 aliphatic heterocycles. The Morgan fingerprint density at radius 2 is 2.15 bits per heavy atom. The van der Waals surface area contributed by atoms with Crippen molar-refractivity contribution in [2.45, 2.75) is 33.1 Å². The van der Waals surface area contributed by atoms with E-state index < -0.39 is 0 Å². The third-order valence-corrected chi connectivity index (χ3v) is 3.41. The summed E-state index contributed by atoms with van der Waals surface area (Å²) in [7, 11) is 0. The maximum absolute atomic E-state index is 5.97. The molecule has 0 radical (unpaired) electrons. The SMILES string of the molecule is CCCNCCCc1ncc(-c2ccc(Cl)cc2C)o1. The first-order chi connectivity index (χ1) is 9.70. The van der Waals surface area contributed by atoms with E-state index in [4.69, 9.17) is 16.0 Å². The van der Waals surface area contributed by atoms with Crippen LogP contribution in [0.4, 0.5) is 0 Å². The first kappa shape index (κ1) is 15.1. The maximum Gasteiger partial charge on any atom is 0.194 e. The van der Waals surface area contributed by atoms with Crippen LogP contribution >= 0.6 is 11.6 Å². The van der Waals surface area contributed by atoms with E-state index in [9.17, 15) is 0 Å². The van der Waals surface area contributed by atoms with E-state index in [1.54, 1.807) is 6.20 Å². The van der Waals surface area contributed by atoms with E-state index in [0.717, 1.165) is 53.7 Å². The monoisotopic (exact) mass is 292 g/mol. The first-order valence-electron chi connectivity index (χ1n) is 7.12. The molecule has 3 nitrogen and oxygen atoms in total. The van der Waals surface area contributed by atoms with Gasteiger partial charge in [-0.05, 0) is 56.6 Å². The van der Waals surface area contributed by atoms with Crippen LogP contribution in [0.1, 0.15) is 31.2 Å². The summed E-state index contributed by atoms with van der Waals surface area (Å²) in [4.78, 5) is 4.35. The Hall–Kier alpha value is -1.32. The van der Waals surface area contributed by atoms with Gasteiger partial charge in [-0.15, -0.1) is 0 Å². The molecule has 2 rings (SSSR count). The summed E-state index contributed by atoms with van der Waals surface area (Å²) >= 11 is 5.97. The summed E-state index contributed by atoms with van der Waals surface area (Å²) < 4.78 is 5.81. The average molecular weight is 293 g/mol. The molecule has 0 atom stereocenters. The van der Waals surface area contributed by atoms with Crippen LogP contribution in [0.15, 0.2) is 28.8 Å². The third kappa shape index (κ3) is 4.09. The van der Waals surface area contributed by atoms with Crippen LogP contribution < -0.4 is 5.32 Å². The third-order valence-electron chi connectivity index (χ3n) is 3.18. The molecule has 1 heterocycles. The number of nitrogens with zero attached hydrogens (tertiary/aromatic N) is 1. The second-order valence-corrected chi connectivity index (χ2v) is 5.37. The van der Waals surface area contributed by atoms with Crippen LogP contribution in [-0.4, -0.2) is 18.1 Å². The molecule has 20 heavy (non-hydrogen) atoms. The highest BCUT2D eigenvalue weighted by molar-refractivity contribution is 6.30. The van der Waals surface area contributed by atoms with Gasteiger partial charge in [0.1, 0.15) is 0 Å². The van der Waals surface area contributed by atoms with Crippen molar-refractivity contribution in [3.63, 3.8) is 0 Å². The topological polar surface area (TPSA) is 38.1 Å². The van der Waals surface area contributed by atoms with Gasteiger partial charge in [-0.3, -0.25) is 0 Å². The predicted octanol–water partition coefficient (Wildman–Crippen LogP) is 4.24. The Morgan fingerprint density at radius 1 is 1.30 bits per heavy atom. The highest BCUT2D eigenvalue weighted by Gasteiger charge is 2.09. The van der Waals surface area contributed by atoms with Gasteiger partial charge in [0.2, 0.25) is 0 Å². The van der Waals surface area contributed by atoms with Crippen molar-refractivity contribution in [2.24, 2.45) is 0 Å². The molecule has 0 fully saturated rings. The standard InChI is InChI=1S/C16H21ClN2O/c1-3-8-18-9-4-5-16-19-11-15(20-16)14-7-6-13(17)10-12(14)2/h6-7,10-11,18H,3-5,8-9H2,1-2H3. The minimum Gasteiger partial charge on any atom is -0.441 e. The number of oxazole rings is 1. The average Bonchev–Trinajstić information content (AvgIpc) is 2.87. The van der Waals surface area contributed by atoms with Gasteiger partial charge in [-0.25, -0.2) is 4.98 Å². The predicted molar refractivity (Wildman–Crippen MR) is 83.2 cm³/mol. The molecule has 0 saturated carbocycles. The molecule has 0 aliphatic rings. The molecule has 1 N–H and O–H groups in total. The second-order valence-electron chi connectivity index (χ2n) is 4.93. The van der Waals surface area contributed by atoms with Crippen LogP contribution in [0.5, 0.6) is 0 Å². The number of benzene rings is 1. The van der Waals surface area contributed by atoms with Gasteiger partial charge < -0.3 is 9.73 Å². The Labute approximate surface area is 125 Å². The van der Waals surface area contributed by atoms with E-state index in [0.29, 0.717) is 0 Å². The molecule has 0 aliphatic carbocycles. The fourth-order valence-electron chi connectivity index (χ4n) is 2.12. The van der Waals surface area contributed by atoms with Gasteiger partial charge in [0.25, 0.3) is 0 Å². The maximum atomic E-state index is 5.97. The van der Waals surface area contributed by atoms with Gasteiger partial charge >= 0.3 is 0 Å². The highest BCUT2D eigenvalue weighted by Crippen LogP contribution is 2.26. The molecule has 0 spiro atoms.